The molecule has 9 heteroatoms. The fraction of sp³-hybridized carbons (Fsp3) is 0.513. The highest BCUT2D eigenvalue weighted by Crippen LogP contribution is 2.38. The fourth-order valence-electron chi connectivity index (χ4n) is 6.43. The van der Waals surface area contributed by atoms with Gasteiger partial charge in [-0.25, -0.2) is 4.98 Å². The summed E-state index contributed by atoms with van der Waals surface area (Å²) in [5.41, 5.74) is 6.91. The molecule has 6 bridgehead atoms. The van der Waals surface area contributed by atoms with Crippen molar-refractivity contribution in [1.29, 1.82) is 0 Å². The van der Waals surface area contributed by atoms with Gasteiger partial charge in [0.05, 0.1) is 36.5 Å². The van der Waals surface area contributed by atoms with Gasteiger partial charge in [-0.3, -0.25) is 4.79 Å². The molecule has 2 aromatic heterocycles. The average Bonchev–Trinajstić information content (AvgIpc) is 3.44. The number of aliphatic hydroxyl groups is 1. The summed E-state index contributed by atoms with van der Waals surface area (Å²) in [6, 6.07) is 16.8. The molecule has 1 fully saturated rings. The van der Waals surface area contributed by atoms with Crippen molar-refractivity contribution in [2.45, 2.75) is 104 Å². The number of rotatable bonds is 2. The predicted octanol–water partition coefficient (Wildman–Crippen LogP) is 7.50. The van der Waals surface area contributed by atoms with Crippen LogP contribution in [0.2, 0.25) is 0 Å². The third-order valence-electron chi connectivity index (χ3n) is 9.01. The van der Waals surface area contributed by atoms with Crippen LogP contribution in [0, 0.1) is 13.8 Å². The topological polar surface area (TPSA) is 98.4 Å². The number of benzene rings is 2. The van der Waals surface area contributed by atoms with Crippen molar-refractivity contribution < 1.29 is 24.1 Å². The highest BCUT2D eigenvalue weighted by Gasteiger charge is 2.33. The molecule has 0 aliphatic carbocycles. The first-order valence-electron chi connectivity index (χ1n) is 17.2. The van der Waals surface area contributed by atoms with Crippen molar-refractivity contribution in [3.05, 3.63) is 65.4 Å². The summed E-state index contributed by atoms with van der Waals surface area (Å²) < 4.78 is 20.0. The molecule has 5 heterocycles. The van der Waals surface area contributed by atoms with Gasteiger partial charge in [0.15, 0.2) is 5.65 Å². The molecule has 9 nitrogen and oxygen atoms in total. The quantitative estimate of drug-likeness (QED) is 0.222. The van der Waals surface area contributed by atoms with E-state index >= 15 is 0 Å². The van der Waals surface area contributed by atoms with Crippen LogP contribution >= 0.6 is 0 Å². The molecule has 1 atom stereocenters. The summed E-state index contributed by atoms with van der Waals surface area (Å²) in [5, 5.41) is 13.6. The first-order chi connectivity index (χ1) is 22.7. The van der Waals surface area contributed by atoms with E-state index in [2.05, 4.69) is 68.1 Å². The molecule has 0 spiro atoms. The zero-order valence-corrected chi connectivity index (χ0v) is 29.9. The van der Waals surface area contributed by atoms with Crippen molar-refractivity contribution in [3.8, 4) is 28.1 Å². The van der Waals surface area contributed by atoms with Gasteiger partial charge in [0.2, 0.25) is 0 Å². The van der Waals surface area contributed by atoms with Crippen LogP contribution in [-0.2, 0) is 20.7 Å². The van der Waals surface area contributed by atoms with E-state index in [1.165, 1.54) is 7.11 Å². The summed E-state index contributed by atoms with van der Waals surface area (Å²) in [7, 11) is 1.43. The van der Waals surface area contributed by atoms with Crippen molar-refractivity contribution in [2.24, 2.45) is 0 Å². The van der Waals surface area contributed by atoms with Crippen LogP contribution in [0.1, 0.15) is 83.5 Å². The summed E-state index contributed by atoms with van der Waals surface area (Å²) >= 11 is 0. The molecular weight excluding hydrogens is 604 g/mol. The van der Waals surface area contributed by atoms with Gasteiger partial charge in [-0.05, 0) is 104 Å². The van der Waals surface area contributed by atoms with E-state index in [1.54, 1.807) is 20.8 Å². The number of hydrogen-bond donors (Lipinski definition) is 1. The van der Waals surface area contributed by atoms with Gasteiger partial charge in [-0.1, -0.05) is 30.3 Å². The first kappa shape index (κ1) is 35.4. The Balaban J connectivity index is 0.000000840. The normalized spacial score (nSPS) is 20.0. The van der Waals surface area contributed by atoms with Crippen molar-refractivity contribution in [2.75, 3.05) is 31.7 Å². The molecule has 48 heavy (non-hydrogen) atoms. The molecule has 3 aliphatic heterocycles. The number of nitrogens with zero attached hydrogens (tertiary/aromatic N) is 4. The van der Waals surface area contributed by atoms with Gasteiger partial charge in [-0.15, -0.1) is 0 Å². The number of ether oxygens (including phenoxy) is 3. The number of anilines is 1. The van der Waals surface area contributed by atoms with Gasteiger partial charge in [0.25, 0.3) is 0 Å². The minimum absolute atomic E-state index is 0.0958. The molecule has 1 N–H and O–H groups in total. The lowest BCUT2D eigenvalue weighted by molar-refractivity contribution is -0.139. The number of piperidine rings is 1. The maximum absolute atomic E-state index is 12.5. The number of hydrogen-bond acceptors (Lipinski definition) is 8. The molecule has 1 saturated heterocycles. The van der Waals surface area contributed by atoms with Crippen molar-refractivity contribution in [1.82, 2.24) is 14.6 Å². The van der Waals surface area contributed by atoms with E-state index in [4.69, 9.17) is 29.4 Å². The lowest BCUT2D eigenvalue weighted by Crippen LogP contribution is -2.45. The van der Waals surface area contributed by atoms with Crippen LogP contribution in [0.4, 0.5) is 5.82 Å². The number of esters is 1. The van der Waals surface area contributed by atoms with Crippen LogP contribution < -0.4 is 9.64 Å². The van der Waals surface area contributed by atoms with Gasteiger partial charge < -0.3 is 24.2 Å². The number of carbonyl (C=O) groups excluding carboxylic acids is 1. The molecule has 0 radical (unpaired) electrons. The average molecular weight is 657 g/mol. The minimum Gasteiger partial charge on any atom is -0.490 e. The Morgan fingerprint density at radius 3 is 2.46 bits per heavy atom. The zero-order valence-electron chi connectivity index (χ0n) is 29.9. The summed E-state index contributed by atoms with van der Waals surface area (Å²) in [6.07, 6.45) is 5.03. The first-order valence-corrected chi connectivity index (χ1v) is 17.2. The Labute approximate surface area is 285 Å². The van der Waals surface area contributed by atoms with Crippen LogP contribution in [0.25, 0.3) is 28.0 Å². The molecular formula is C39H52N4O5. The minimum atomic E-state index is -0.500. The predicted molar refractivity (Wildman–Crippen MR) is 191 cm³/mol. The highest BCUT2D eigenvalue weighted by atomic mass is 16.5. The van der Waals surface area contributed by atoms with Crippen molar-refractivity contribution in [3.63, 3.8) is 0 Å². The van der Waals surface area contributed by atoms with Gasteiger partial charge in [0, 0.05) is 48.1 Å². The molecule has 4 aromatic rings. The summed E-state index contributed by atoms with van der Waals surface area (Å²) in [6.45, 7) is 16.0. The number of fused-ring (bicyclic) bond motifs is 8. The molecule has 1 unspecified atom stereocenters. The maximum atomic E-state index is 12.5. The maximum Gasteiger partial charge on any atom is 0.310 e. The van der Waals surface area contributed by atoms with Crippen LogP contribution in [0.5, 0.6) is 5.75 Å². The van der Waals surface area contributed by atoms with Gasteiger partial charge >= 0.3 is 5.97 Å². The van der Waals surface area contributed by atoms with Crippen LogP contribution in [0.15, 0.2) is 48.5 Å². The van der Waals surface area contributed by atoms with E-state index < -0.39 is 5.60 Å². The monoisotopic (exact) mass is 656 g/mol. The second-order valence-electron chi connectivity index (χ2n) is 14.5. The number of carbonyl (C=O) groups is 1. The van der Waals surface area contributed by atoms with E-state index in [9.17, 15) is 4.79 Å². The summed E-state index contributed by atoms with van der Waals surface area (Å²) in [5.74, 6) is 1.52. The number of aromatic nitrogens is 3. The highest BCUT2D eigenvalue weighted by molar-refractivity contribution is 5.79. The third-order valence-corrected chi connectivity index (χ3v) is 9.01. The lowest BCUT2D eigenvalue weighted by atomic mass is 9.92. The van der Waals surface area contributed by atoms with Crippen LogP contribution in [0.3, 0.4) is 0 Å². The van der Waals surface area contributed by atoms with Crippen LogP contribution in [-0.4, -0.2) is 69.8 Å². The molecule has 2 aromatic carbocycles. The zero-order chi connectivity index (χ0) is 34.6. The Morgan fingerprint density at radius 2 is 1.75 bits per heavy atom. The molecule has 0 amide bonds. The number of aryl methyl sites for hydroxylation is 2. The number of methoxy groups -OCH3 is 1. The van der Waals surface area contributed by atoms with Gasteiger partial charge in [0.1, 0.15) is 11.6 Å². The largest absolute Gasteiger partial charge is 0.490 e. The van der Waals surface area contributed by atoms with E-state index in [0.29, 0.717) is 0 Å². The molecule has 0 saturated carbocycles. The van der Waals surface area contributed by atoms with Gasteiger partial charge in [-0.2, -0.15) is 9.61 Å². The Bertz CT molecular complexity index is 1730. The Hall–Kier alpha value is -3.95. The lowest BCUT2D eigenvalue weighted by Gasteiger charge is -2.41. The van der Waals surface area contributed by atoms with E-state index in [-0.39, 0.29) is 24.1 Å². The second kappa shape index (κ2) is 14.7. The summed E-state index contributed by atoms with van der Waals surface area (Å²) in [4.78, 5) is 19.8. The fourth-order valence-corrected chi connectivity index (χ4v) is 6.43. The smallest absolute Gasteiger partial charge is 0.310 e. The van der Waals surface area contributed by atoms with E-state index in [1.807, 2.05) is 17.5 Å². The Kier molecular flexibility index (Phi) is 10.8. The Morgan fingerprint density at radius 1 is 1.06 bits per heavy atom. The molecule has 3 aliphatic rings. The van der Waals surface area contributed by atoms with E-state index in [0.717, 1.165) is 108 Å². The van der Waals surface area contributed by atoms with Crippen molar-refractivity contribution >= 4 is 17.4 Å². The standard InChI is InChI=1S/C35H42N4O4.C4H10O/c1-23-10-8-14-30-33(23)27-13-9-12-26(20-27)29-22-31-36-25(3)28(21-32(40)41-5)34(39(31)37-29)38-17-15-35(4,16-18-38)42-19-7-6-11-24(2)43-30;1-4(2,3)5/h8-10,12-14,20,22,24H,6-7,11,15-19,21H2,1-5H3;5H,1-3H3. The molecule has 258 valence electrons. The third kappa shape index (κ3) is 8.55. The SMILES string of the molecule is CC(C)(C)O.COC(=O)Cc1c(C)nc2cc3nn2c1N1CCC(C)(CC1)OCCCCC(C)Oc1cccc(C)c1-c1cccc-3c1. The molecule has 7 rings (SSSR count). The second-order valence-corrected chi connectivity index (χ2v) is 14.5.